The van der Waals surface area contributed by atoms with Gasteiger partial charge in [-0.2, -0.15) is 0 Å². The zero-order chi connectivity index (χ0) is 13.4. The first kappa shape index (κ1) is 11.7. The second kappa shape index (κ2) is 4.39. The van der Waals surface area contributed by atoms with E-state index in [0.717, 1.165) is 17.5 Å². The average molecular weight is 253 g/mol. The number of carbonyl (C=O) groups excluding carboxylic acids is 1. The normalized spacial score (nSPS) is 16.4. The number of pyridine rings is 1. The molecule has 1 unspecified atom stereocenters. The van der Waals surface area contributed by atoms with Crippen molar-refractivity contribution >= 4 is 17.4 Å². The molecular formula is C15H15N3O. The predicted molar refractivity (Wildman–Crippen MR) is 74.9 cm³/mol. The van der Waals surface area contributed by atoms with Gasteiger partial charge in [0.25, 0.3) is 0 Å². The number of fused-ring (bicyclic) bond motifs is 1. The van der Waals surface area contributed by atoms with Gasteiger partial charge in [0.15, 0.2) is 0 Å². The summed E-state index contributed by atoms with van der Waals surface area (Å²) in [6.07, 6.45) is 2.35. The molecule has 19 heavy (non-hydrogen) atoms. The summed E-state index contributed by atoms with van der Waals surface area (Å²) in [5.74, 6) is 0.526. The summed E-state index contributed by atoms with van der Waals surface area (Å²) >= 11 is 0. The van der Waals surface area contributed by atoms with E-state index in [0.29, 0.717) is 11.5 Å². The summed E-state index contributed by atoms with van der Waals surface area (Å²) in [6, 6.07) is 9.83. The van der Waals surface area contributed by atoms with Crippen LogP contribution in [0, 0.1) is 6.92 Å². The summed E-state index contributed by atoms with van der Waals surface area (Å²) in [5.41, 5.74) is 9.49. The first-order valence-electron chi connectivity index (χ1n) is 6.26. The van der Waals surface area contributed by atoms with Gasteiger partial charge in [0, 0.05) is 0 Å². The molecule has 1 aliphatic rings. The van der Waals surface area contributed by atoms with Gasteiger partial charge in [-0.15, -0.1) is 0 Å². The fraction of sp³-hybridized carbons (Fsp3) is 0.200. The molecule has 0 fully saturated rings. The number of benzene rings is 1. The Hall–Kier alpha value is -2.36. The minimum atomic E-state index is -0.0602. The second-order valence-electron chi connectivity index (χ2n) is 4.88. The molecule has 1 heterocycles. The largest absolute Gasteiger partial charge is 0.397 e. The number of aromatic nitrogens is 1. The lowest BCUT2D eigenvalue weighted by Gasteiger charge is -2.28. The first-order chi connectivity index (χ1) is 9.15. The van der Waals surface area contributed by atoms with Crippen molar-refractivity contribution in [1.82, 2.24) is 4.98 Å². The molecule has 1 amide bonds. The molecule has 0 spiro atoms. The molecule has 1 aromatic heterocycles. The van der Waals surface area contributed by atoms with Crippen LogP contribution in [0.1, 0.15) is 22.6 Å². The quantitative estimate of drug-likeness (QED) is 0.862. The van der Waals surface area contributed by atoms with E-state index >= 15 is 0 Å². The third kappa shape index (κ3) is 2.05. The van der Waals surface area contributed by atoms with Crippen LogP contribution >= 0.6 is 0 Å². The lowest BCUT2D eigenvalue weighted by molar-refractivity contribution is -0.118. The van der Waals surface area contributed by atoms with Crippen molar-refractivity contribution in [2.75, 3.05) is 11.1 Å². The maximum Gasteiger partial charge on any atom is 0.233 e. The smallest absolute Gasteiger partial charge is 0.233 e. The Morgan fingerprint density at radius 2 is 2.21 bits per heavy atom. The van der Waals surface area contributed by atoms with E-state index in [4.69, 9.17) is 5.73 Å². The van der Waals surface area contributed by atoms with E-state index in [1.807, 2.05) is 25.1 Å². The monoisotopic (exact) mass is 253 g/mol. The number of carbonyl (C=O) groups is 1. The predicted octanol–water partition coefficient (Wildman–Crippen LogP) is 2.25. The molecular weight excluding hydrogens is 238 g/mol. The topological polar surface area (TPSA) is 68.0 Å². The number of hydrogen-bond donors (Lipinski definition) is 2. The Labute approximate surface area is 111 Å². The fourth-order valence-electron chi connectivity index (χ4n) is 2.42. The Morgan fingerprint density at radius 3 is 2.95 bits per heavy atom. The number of hydrogen-bond acceptors (Lipinski definition) is 3. The number of nitrogens with zero attached hydrogens (tertiary/aromatic N) is 1. The standard InChI is InChI=1S/C15H15N3O/c1-9-6-11(16)8-17-14(9)18-15(19)13-7-10-4-2-3-5-12(10)13/h2-6,8,13H,7,16H2,1H3,(H,17,18,19). The van der Waals surface area contributed by atoms with Crippen molar-refractivity contribution in [3.05, 3.63) is 53.2 Å². The number of rotatable bonds is 2. The number of anilines is 2. The van der Waals surface area contributed by atoms with Gasteiger partial charge < -0.3 is 11.1 Å². The third-order valence-corrected chi connectivity index (χ3v) is 3.51. The lowest BCUT2D eigenvalue weighted by atomic mass is 9.77. The minimum absolute atomic E-state index is 0.000860. The Morgan fingerprint density at radius 1 is 1.42 bits per heavy atom. The van der Waals surface area contributed by atoms with Gasteiger partial charge in [-0.25, -0.2) is 4.98 Å². The number of nitrogen functional groups attached to an aromatic ring is 1. The average Bonchev–Trinajstić information content (AvgIpc) is 2.34. The molecule has 3 rings (SSSR count). The molecule has 1 aliphatic carbocycles. The zero-order valence-electron chi connectivity index (χ0n) is 10.7. The SMILES string of the molecule is Cc1cc(N)cnc1NC(=O)C1Cc2ccccc21. The van der Waals surface area contributed by atoms with E-state index in [2.05, 4.69) is 16.4 Å². The number of amides is 1. The highest BCUT2D eigenvalue weighted by atomic mass is 16.2. The second-order valence-corrected chi connectivity index (χ2v) is 4.88. The van der Waals surface area contributed by atoms with Crippen molar-refractivity contribution in [3.63, 3.8) is 0 Å². The molecule has 2 aromatic rings. The Balaban J connectivity index is 1.77. The van der Waals surface area contributed by atoms with Crippen LogP contribution in [0.3, 0.4) is 0 Å². The Bertz CT molecular complexity index is 652. The summed E-state index contributed by atoms with van der Waals surface area (Å²) < 4.78 is 0. The molecule has 4 heteroatoms. The van der Waals surface area contributed by atoms with Crippen LogP contribution < -0.4 is 11.1 Å². The third-order valence-electron chi connectivity index (χ3n) is 3.51. The molecule has 96 valence electrons. The van der Waals surface area contributed by atoms with Gasteiger partial charge >= 0.3 is 0 Å². The molecule has 0 radical (unpaired) electrons. The fourth-order valence-corrected chi connectivity index (χ4v) is 2.42. The van der Waals surface area contributed by atoms with Crippen molar-refractivity contribution in [2.24, 2.45) is 0 Å². The molecule has 0 saturated heterocycles. The van der Waals surface area contributed by atoms with E-state index in [-0.39, 0.29) is 11.8 Å². The highest BCUT2D eigenvalue weighted by molar-refractivity contribution is 5.97. The van der Waals surface area contributed by atoms with Crippen LogP contribution in [0.2, 0.25) is 0 Å². The molecule has 3 N–H and O–H groups in total. The molecule has 0 saturated carbocycles. The number of aryl methyl sites for hydroxylation is 1. The summed E-state index contributed by atoms with van der Waals surface area (Å²) in [4.78, 5) is 16.4. The van der Waals surface area contributed by atoms with Crippen LogP contribution in [0.15, 0.2) is 36.5 Å². The summed E-state index contributed by atoms with van der Waals surface area (Å²) in [5, 5.41) is 2.87. The van der Waals surface area contributed by atoms with Crippen molar-refractivity contribution in [1.29, 1.82) is 0 Å². The zero-order valence-corrected chi connectivity index (χ0v) is 10.7. The van der Waals surface area contributed by atoms with Crippen molar-refractivity contribution in [2.45, 2.75) is 19.3 Å². The number of nitrogens with two attached hydrogens (primary N) is 1. The maximum atomic E-state index is 12.2. The van der Waals surface area contributed by atoms with Crippen LogP contribution in [0.25, 0.3) is 0 Å². The molecule has 0 aliphatic heterocycles. The Kier molecular flexibility index (Phi) is 2.71. The van der Waals surface area contributed by atoms with Crippen LogP contribution in [-0.2, 0) is 11.2 Å². The first-order valence-corrected chi connectivity index (χ1v) is 6.26. The van der Waals surface area contributed by atoms with Crippen LogP contribution in [0.4, 0.5) is 11.5 Å². The van der Waals surface area contributed by atoms with Gasteiger partial charge in [-0.3, -0.25) is 4.79 Å². The van der Waals surface area contributed by atoms with E-state index < -0.39 is 0 Å². The summed E-state index contributed by atoms with van der Waals surface area (Å²) in [7, 11) is 0. The van der Waals surface area contributed by atoms with Gasteiger partial charge in [-0.05, 0) is 36.1 Å². The molecule has 0 bridgehead atoms. The van der Waals surface area contributed by atoms with Gasteiger partial charge in [-0.1, -0.05) is 24.3 Å². The highest BCUT2D eigenvalue weighted by Crippen LogP contribution is 2.35. The van der Waals surface area contributed by atoms with E-state index in [9.17, 15) is 4.79 Å². The minimum Gasteiger partial charge on any atom is -0.397 e. The van der Waals surface area contributed by atoms with Crippen LogP contribution in [0.5, 0.6) is 0 Å². The van der Waals surface area contributed by atoms with Crippen LogP contribution in [-0.4, -0.2) is 10.9 Å². The van der Waals surface area contributed by atoms with E-state index in [1.165, 1.54) is 5.56 Å². The maximum absolute atomic E-state index is 12.2. The number of nitrogens with one attached hydrogen (secondary N) is 1. The van der Waals surface area contributed by atoms with Gasteiger partial charge in [0.05, 0.1) is 17.8 Å². The summed E-state index contributed by atoms with van der Waals surface area (Å²) in [6.45, 7) is 1.88. The molecule has 4 nitrogen and oxygen atoms in total. The van der Waals surface area contributed by atoms with Crippen molar-refractivity contribution < 1.29 is 4.79 Å². The molecule has 1 atom stereocenters. The lowest BCUT2D eigenvalue weighted by Crippen LogP contribution is -2.30. The van der Waals surface area contributed by atoms with E-state index in [1.54, 1.807) is 12.3 Å². The van der Waals surface area contributed by atoms with Crippen molar-refractivity contribution in [3.8, 4) is 0 Å². The molecule has 1 aromatic carbocycles. The van der Waals surface area contributed by atoms with Gasteiger partial charge in [0.2, 0.25) is 5.91 Å². The highest BCUT2D eigenvalue weighted by Gasteiger charge is 2.31. The van der Waals surface area contributed by atoms with Gasteiger partial charge in [0.1, 0.15) is 5.82 Å².